The van der Waals surface area contributed by atoms with Crippen molar-refractivity contribution in [3.8, 4) is 0 Å². The largest absolute Gasteiger partial charge is 0.394 e. The van der Waals surface area contributed by atoms with Gasteiger partial charge in [-0.2, -0.15) is 0 Å². The molecule has 1 fully saturated rings. The van der Waals surface area contributed by atoms with Crippen LogP contribution in [0.15, 0.2) is 17.6 Å². The third-order valence-corrected chi connectivity index (χ3v) is 5.76. The standard InChI is InChI=1S/C15H21IN6O3/c1-8(21(2)3)20-13-11-14(18-6-17-13)22(7-19-11)15-12(24-4)10(16)9(5-23)25-15/h6-7,9-10,12,15,23H,5H2,1-4H3/b20-8+/t9-,10+,12-,15-/m1/s1. The first-order valence-corrected chi connectivity index (χ1v) is 9.05. The van der Waals surface area contributed by atoms with Gasteiger partial charge in [0.1, 0.15) is 18.3 Å². The molecule has 0 spiro atoms. The number of aliphatic hydroxyl groups is 1. The Labute approximate surface area is 159 Å². The average molecular weight is 460 g/mol. The zero-order valence-corrected chi connectivity index (χ0v) is 16.7. The molecule has 1 aliphatic rings. The molecular weight excluding hydrogens is 439 g/mol. The third kappa shape index (κ3) is 3.35. The number of fused-ring (bicyclic) bond motifs is 1. The van der Waals surface area contributed by atoms with E-state index in [1.165, 1.54) is 6.33 Å². The van der Waals surface area contributed by atoms with Crippen LogP contribution in [0, 0.1) is 0 Å². The van der Waals surface area contributed by atoms with Crippen LogP contribution in [0.1, 0.15) is 13.2 Å². The summed E-state index contributed by atoms with van der Waals surface area (Å²) in [5.74, 6) is 1.32. The molecule has 0 saturated carbocycles. The van der Waals surface area contributed by atoms with Crippen molar-refractivity contribution in [3.05, 3.63) is 12.7 Å². The Bertz CT molecular complexity index is 780. The predicted octanol–water partition coefficient (Wildman–Crippen LogP) is 1.15. The van der Waals surface area contributed by atoms with Crippen molar-refractivity contribution in [2.24, 2.45) is 4.99 Å². The number of hydrogen-bond acceptors (Lipinski definition) is 7. The first kappa shape index (κ1) is 18.4. The molecule has 1 aliphatic heterocycles. The van der Waals surface area contributed by atoms with Gasteiger partial charge in [0.05, 0.1) is 23.0 Å². The monoisotopic (exact) mass is 460 g/mol. The van der Waals surface area contributed by atoms with Gasteiger partial charge in [-0.15, -0.1) is 0 Å². The van der Waals surface area contributed by atoms with Crippen LogP contribution in [0.2, 0.25) is 0 Å². The molecule has 0 radical (unpaired) electrons. The normalized spacial score (nSPS) is 27.2. The summed E-state index contributed by atoms with van der Waals surface area (Å²) in [5, 5.41) is 9.52. The maximum atomic E-state index is 9.52. The number of halogens is 1. The van der Waals surface area contributed by atoms with Crippen LogP contribution >= 0.6 is 22.6 Å². The molecule has 0 amide bonds. The van der Waals surface area contributed by atoms with Gasteiger partial charge < -0.3 is 19.5 Å². The lowest BCUT2D eigenvalue weighted by molar-refractivity contribution is -0.0583. The second-order valence-electron chi connectivity index (χ2n) is 5.97. The molecule has 3 rings (SSSR count). The third-order valence-electron chi connectivity index (χ3n) is 4.24. The van der Waals surface area contributed by atoms with Crippen LogP contribution in [0.5, 0.6) is 0 Å². The SMILES string of the molecule is CO[C@@H]1[C@@H](I)[C@@H](CO)O[C@H]1n1cnc2c(/N=C(\C)N(C)C)ncnc21. The van der Waals surface area contributed by atoms with Gasteiger partial charge in [0, 0.05) is 21.2 Å². The molecule has 4 atom stereocenters. The number of alkyl halides is 1. The molecule has 9 nitrogen and oxygen atoms in total. The quantitative estimate of drug-likeness (QED) is 0.317. The highest BCUT2D eigenvalue weighted by Gasteiger charge is 2.44. The van der Waals surface area contributed by atoms with Crippen molar-refractivity contribution >= 4 is 45.4 Å². The van der Waals surface area contributed by atoms with Crippen molar-refractivity contribution in [1.82, 2.24) is 24.4 Å². The van der Waals surface area contributed by atoms with Gasteiger partial charge >= 0.3 is 0 Å². The zero-order valence-electron chi connectivity index (χ0n) is 14.5. The fourth-order valence-electron chi connectivity index (χ4n) is 2.68. The van der Waals surface area contributed by atoms with E-state index in [0.29, 0.717) is 17.0 Å². The molecule has 2 aromatic rings. The van der Waals surface area contributed by atoms with Crippen molar-refractivity contribution < 1.29 is 14.6 Å². The summed E-state index contributed by atoms with van der Waals surface area (Å²) in [5.41, 5.74) is 1.22. The van der Waals surface area contributed by atoms with E-state index in [4.69, 9.17) is 9.47 Å². The van der Waals surface area contributed by atoms with Crippen molar-refractivity contribution in [3.63, 3.8) is 0 Å². The fourth-order valence-corrected chi connectivity index (χ4v) is 3.72. The van der Waals surface area contributed by atoms with E-state index >= 15 is 0 Å². The van der Waals surface area contributed by atoms with Gasteiger partial charge in [0.2, 0.25) is 0 Å². The van der Waals surface area contributed by atoms with E-state index in [0.717, 1.165) is 5.84 Å². The number of methoxy groups -OCH3 is 1. The number of hydrogen-bond donors (Lipinski definition) is 1. The molecule has 0 unspecified atom stereocenters. The first-order chi connectivity index (χ1) is 12.0. The van der Waals surface area contributed by atoms with Crippen LogP contribution in [0.4, 0.5) is 5.82 Å². The molecule has 2 aromatic heterocycles. The van der Waals surface area contributed by atoms with Crippen molar-refractivity contribution in [1.29, 1.82) is 0 Å². The number of imidazole rings is 1. The molecule has 0 aromatic carbocycles. The maximum Gasteiger partial charge on any atom is 0.185 e. The summed E-state index contributed by atoms with van der Waals surface area (Å²) < 4.78 is 13.4. The minimum absolute atomic E-state index is 0.0189. The Morgan fingerprint density at radius 2 is 2.20 bits per heavy atom. The lowest BCUT2D eigenvalue weighted by atomic mass is 10.2. The van der Waals surface area contributed by atoms with E-state index in [2.05, 4.69) is 42.5 Å². The number of aliphatic imine (C=N–C) groups is 1. The van der Waals surface area contributed by atoms with Gasteiger partial charge in [-0.05, 0) is 6.92 Å². The van der Waals surface area contributed by atoms with E-state index in [-0.39, 0.29) is 22.7 Å². The molecule has 10 heteroatoms. The summed E-state index contributed by atoms with van der Waals surface area (Å²) in [6, 6.07) is 0. The summed E-state index contributed by atoms with van der Waals surface area (Å²) in [6.07, 6.45) is 2.17. The lowest BCUT2D eigenvalue weighted by Gasteiger charge is -2.20. The van der Waals surface area contributed by atoms with Crippen LogP contribution in [0.3, 0.4) is 0 Å². The Morgan fingerprint density at radius 3 is 2.84 bits per heavy atom. The fraction of sp³-hybridized carbons (Fsp3) is 0.600. The summed E-state index contributed by atoms with van der Waals surface area (Å²) in [7, 11) is 5.47. The van der Waals surface area contributed by atoms with Gasteiger partial charge in [-0.1, -0.05) is 22.6 Å². The van der Waals surface area contributed by atoms with E-state index in [9.17, 15) is 5.11 Å². The number of rotatable bonds is 4. The van der Waals surface area contributed by atoms with Gasteiger partial charge in [-0.3, -0.25) is 4.57 Å². The van der Waals surface area contributed by atoms with Gasteiger partial charge in [0.15, 0.2) is 23.2 Å². The van der Waals surface area contributed by atoms with Crippen LogP contribution in [0.25, 0.3) is 11.2 Å². The minimum Gasteiger partial charge on any atom is -0.394 e. The lowest BCUT2D eigenvalue weighted by Crippen LogP contribution is -2.29. The average Bonchev–Trinajstić information content (AvgIpc) is 3.15. The molecule has 3 heterocycles. The predicted molar refractivity (Wildman–Crippen MR) is 101 cm³/mol. The minimum atomic E-state index is -0.421. The summed E-state index contributed by atoms with van der Waals surface area (Å²) in [6.45, 7) is 1.83. The first-order valence-electron chi connectivity index (χ1n) is 7.81. The Balaban J connectivity index is 2.03. The number of aromatic nitrogens is 4. The highest BCUT2D eigenvalue weighted by atomic mass is 127. The molecular formula is C15H21IN6O3. The summed E-state index contributed by atoms with van der Waals surface area (Å²) in [4.78, 5) is 19.4. The highest BCUT2D eigenvalue weighted by molar-refractivity contribution is 14.1. The number of aliphatic hydroxyl groups excluding tert-OH is 1. The molecule has 0 aliphatic carbocycles. The Hall–Kier alpha value is -1.37. The van der Waals surface area contributed by atoms with E-state index in [1.807, 2.05) is 30.5 Å². The van der Waals surface area contributed by atoms with Crippen molar-refractivity contribution in [2.75, 3.05) is 27.8 Å². The second kappa shape index (κ2) is 7.48. The Morgan fingerprint density at radius 1 is 1.44 bits per heavy atom. The maximum absolute atomic E-state index is 9.52. The topological polar surface area (TPSA) is 97.9 Å². The smallest absolute Gasteiger partial charge is 0.185 e. The summed E-state index contributed by atoms with van der Waals surface area (Å²) >= 11 is 2.25. The van der Waals surface area contributed by atoms with E-state index in [1.54, 1.807) is 13.4 Å². The van der Waals surface area contributed by atoms with Crippen LogP contribution in [-0.4, -0.2) is 79.3 Å². The molecule has 1 saturated heterocycles. The molecule has 25 heavy (non-hydrogen) atoms. The number of amidine groups is 1. The molecule has 1 N–H and O–H groups in total. The molecule has 0 bridgehead atoms. The van der Waals surface area contributed by atoms with Gasteiger partial charge in [0.25, 0.3) is 0 Å². The number of nitrogens with zero attached hydrogens (tertiary/aromatic N) is 6. The van der Waals surface area contributed by atoms with Gasteiger partial charge in [-0.25, -0.2) is 19.9 Å². The molecule has 136 valence electrons. The van der Waals surface area contributed by atoms with Crippen LogP contribution in [-0.2, 0) is 9.47 Å². The van der Waals surface area contributed by atoms with Crippen molar-refractivity contribution in [2.45, 2.75) is 29.3 Å². The zero-order chi connectivity index (χ0) is 18.1. The number of ether oxygens (including phenoxy) is 2. The second-order valence-corrected chi connectivity index (χ2v) is 7.41. The highest BCUT2D eigenvalue weighted by Crippen LogP contribution is 2.37. The van der Waals surface area contributed by atoms with E-state index < -0.39 is 6.23 Å². The Kier molecular flexibility index (Phi) is 5.51. The van der Waals surface area contributed by atoms with Crippen LogP contribution < -0.4 is 0 Å².